The van der Waals surface area contributed by atoms with Crippen LogP contribution in [0.4, 0.5) is 5.13 Å². The molecule has 1 saturated carbocycles. The van der Waals surface area contributed by atoms with Gasteiger partial charge in [0.25, 0.3) is 0 Å². The SMILES string of the molecule is O=S1(=O)CCN(CCCNc2nnc(C3CC3)s2)CC1. The summed E-state index contributed by atoms with van der Waals surface area (Å²) in [5.41, 5.74) is 0. The number of nitrogens with zero attached hydrogens (tertiary/aromatic N) is 3. The predicted octanol–water partition coefficient (Wildman–Crippen LogP) is 0.948. The average molecular weight is 316 g/mol. The summed E-state index contributed by atoms with van der Waals surface area (Å²) in [4.78, 5) is 2.22. The van der Waals surface area contributed by atoms with Crippen LogP contribution in [-0.4, -0.2) is 61.2 Å². The fourth-order valence-corrected chi connectivity index (χ4v) is 4.49. The Bertz CT molecular complexity index is 540. The van der Waals surface area contributed by atoms with Crippen molar-refractivity contribution >= 4 is 26.3 Å². The number of sulfone groups is 1. The molecule has 2 fully saturated rings. The summed E-state index contributed by atoms with van der Waals surface area (Å²) in [7, 11) is -2.76. The first-order chi connectivity index (χ1) is 9.62. The Morgan fingerprint density at radius 3 is 2.70 bits per heavy atom. The van der Waals surface area contributed by atoms with Crippen LogP contribution < -0.4 is 5.32 Å². The molecule has 112 valence electrons. The van der Waals surface area contributed by atoms with Crippen molar-refractivity contribution < 1.29 is 8.42 Å². The van der Waals surface area contributed by atoms with Crippen molar-refractivity contribution in [3.8, 4) is 0 Å². The van der Waals surface area contributed by atoms with E-state index in [0.717, 1.165) is 29.6 Å². The zero-order valence-corrected chi connectivity index (χ0v) is 13.0. The molecule has 2 heterocycles. The Morgan fingerprint density at radius 1 is 1.25 bits per heavy atom. The van der Waals surface area contributed by atoms with Crippen LogP contribution in [0.3, 0.4) is 0 Å². The molecule has 0 aromatic carbocycles. The lowest BCUT2D eigenvalue weighted by Gasteiger charge is -2.26. The lowest BCUT2D eigenvalue weighted by atomic mass is 10.3. The average Bonchev–Trinajstić information content (AvgIpc) is 3.16. The van der Waals surface area contributed by atoms with Crippen molar-refractivity contribution in [1.29, 1.82) is 0 Å². The van der Waals surface area contributed by atoms with Gasteiger partial charge in [0.2, 0.25) is 5.13 Å². The van der Waals surface area contributed by atoms with E-state index in [4.69, 9.17) is 0 Å². The molecule has 1 N–H and O–H groups in total. The Balaban J connectivity index is 1.33. The van der Waals surface area contributed by atoms with Crippen LogP contribution in [0.15, 0.2) is 0 Å². The number of nitrogens with one attached hydrogen (secondary N) is 1. The molecule has 2 aliphatic rings. The van der Waals surface area contributed by atoms with E-state index in [-0.39, 0.29) is 0 Å². The van der Waals surface area contributed by atoms with Gasteiger partial charge in [0.1, 0.15) is 5.01 Å². The summed E-state index contributed by atoms with van der Waals surface area (Å²) in [6.07, 6.45) is 3.51. The van der Waals surface area contributed by atoms with Gasteiger partial charge in [-0.2, -0.15) is 0 Å². The lowest BCUT2D eigenvalue weighted by molar-refractivity contribution is 0.295. The molecule has 20 heavy (non-hydrogen) atoms. The summed E-state index contributed by atoms with van der Waals surface area (Å²) in [6.45, 7) is 3.15. The third kappa shape index (κ3) is 3.89. The van der Waals surface area contributed by atoms with Crippen molar-refractivity contribution in [2.75, 3.05) is 43.0 Å². The number of aromatic nitrogens is 2. The maximum Gasteiger partial charge on any atom is 0.205 e. The Morgan fingerprint density at radius 2 is 2.00 bits per heavy atom. The molecule has 1 saturated heterocycles. The topological polar surface area (TPSA) is 75.2 Å². The molecule has 8 heteroatoms. The van der Waals surface area contributed by atoms with Crippen LogP contribution in [0.25, 0.3) is 0 Å². The Labute approximate surface area is 123 Å². The lowest BCUT2D eigenvalue weighted by Crippen LogP contribution is -2.41. The van der Waals surface area contributed by atoms with Gasteiger partial charge in [-0.3, -0.25) is 0 Å². The van der Waals surface area contributed by atoms with Gasteiger partial charge in [-0.15, -0.1) is 10.2 Å². The Kier molecular flexibility index (Phi) is 4.23. The normalized spacial score (nSPS) is 22.8. The molecule has 0 spiro atoms. The third-order valence-corrected chi connectivity index (χ3v) is 6.38. The highest BCUT2D eigenvalue weighted by Gasteiger charge is 2.27. The summed E-state index contributed by atoms with van der Waals surface area (Å²) in [5, 5.41) is 13.7. The van der Waals surface area contributed by atoms with Crippen molar-refractivity contribution in [2.24, 2.45) is 0 Å². The van der Waals surface area contributed by atoms with Gasteiger partial charge in [-0.1, -0.05) is 11.3 Å². The van der Waals surface area contributed by atoms with Gasteiger partial charge in [-0.25, -0.2) is 8.42 Å². The highest BCUT2D eigenvalue weighted by atomic mass is 32.2. The van der Waals surface area contributed by atoms with E-state index in [1.165, 1.54) is 12.8 Å². The minimum atomic E-state index is -2.76. The molecule has 1 aromatic heterocycles. The van der Waals surface area contributed by atoms with Crippen molar-refractivity contribution in [2.45, 2.75) is 25.2 Å². The summed E-state index contributed by atoms with van der Waals surface area (Å²) >= 11 is 1.66. The molecule has 1 aromatic rings. The zero-order valence-electron chi connectivity index (χ0n) is 11.4. The van der Waals surface area contributed by atoms with Crippen LogP contribution >= 0.6 is 11.3 Å². The first kappa shape index (κ1) is 14.2. The third-order valence-electron chi connectivity index (χ3n) is 3.73. The predicted molar refractivity (Wildman–Crippen MR) is 80.1 cm³/mol. The molecule has 0 unspecified atom stereocenters. The highest BCUT2D eigenvalue weighted by Crippen LogP contribution is 2.41. The van der Waals surface area contributed by atoms with Gasteiger partial charge in [0.15, 0.2) is 9.84 Å². The molecule has 0 radical (unpaired) electrons. The van der Waals surface area contributed by atoms with Gasteiger partial charge in [-0.05, 0) is 25.8 Å². The van der Waals surface area contributed by atoms with E-state index in [9.17, 15) is 8.42 Å². The van der Waals surface area contributed by atoms with Crippen LogP contribution in [-0.2, 0) is 9.84 Å². The van der Waals surface area contributed by atoms with E-state index in [1.54, 1.807) is 11.3 Å². The van der Waals surface area contributed by atoms with Gasteiger partial charge >= 0.3 is 0 Å². The summed E-state index contributed by atoms with van der Waals surface area (Å²) in [5.74, 6) is 1.28. The molecular weight excluding hydrogens is 296 g/mol. The molecule has 3 rings (SSSR count). The van der Waals surface area contributed by atoms with Crippen LogP contribution in [0, 0.1) is 0 Å². The fourth-order valence-electron chi connectivity index (χ4n) is 2.27. The van der Waals surface area contributed by atoms with E-state index in [2.05, 4.69) is 20.4 Å². The molecule has 0 amide bonds. The van der Waals surface area contributed by atoms with E-state index in [0.29, 0.717) is 30.5 Å². The largest absolute Gasteiger partial charge is 0.360 e. The second kappa shape index (κ2) is 5.95. The number of hydrogen-bond donors (Lipinski definition) is 1. The van der Waals surface area contributed by atoms with E-state index < -0.39 is 9.84 Å². The van der Waals surface area contributed by atoms with Crippen LogP contribution in [0.1, 0.15) is 30.2 Å². The van der Waals surface area contributed by atoms with E-state index >= 15 is 0 Å². The highest BCUT2D eigenvalue weighted by molar-refractivity contribution is 7.91. The van der Waals surface area contributed by atoms with Crippen LogP contribution in [0.5, 0.6) is 0 Å². The van der Waals surface area contributed by atoms with Crippen molar-refractivity contribution in [1.82, 2.24) is 15.1 Å². The fraction of sp³-hybridized carbons (Fsp3) is 0.833. The van der Waals surface area contributed by atoms with Crippen molar-refractivity contribution in [3.05, 3.63) is 5.01 Å². The molecule has 0 bridgehead atoms. The molecule has 6 nitrogen and oxygen atoms in total. The summed E-state index contributed by atoms with van der Waals surface area (Å²) < 4.78 is 22.6. The number of rotatable bonds is 6. The smallest absolute Gasteiger partial charge is 0.205 e. The minimum Gasteiger partial charge on any atom is -0.360 e. The minimum absolute atomic E-state index is 0.307. The molecular formula is C12H20N4O2S2. The molecule has 1 aliphatic heterocycles. The number of anilines is 1. The van der Waals surface area contributed by atoms with E-state index in [1.807, 2.05) is 0 Å². The first-order valence-electron chi connectivity index (χ1n) is 7.12. The maximum atomic E-state index is 11.3. The van der Waals surface area contributed by atoms with Crippen molar-refractivity contribution in [3.63, 3.8) is 0 Å². The molecule has 1 aliphatic carbocycles. The standard InChI is InChI=1S/C12H20N4O2S2/c17-20(18)8-6-16(7-9-20)5-1-4-13-12-15-14-11(19-12)10-2-3-10/h10H,1-9H2,(H,13,15). The first-order valence-corrected chi connectivity index (χ1v) is 9.76. The zero-order chi connectivity index (χ0) is 14.0. The quantitative estimate of drug-likeness (QED) is 0.788. The molecule has 0 atom stereocenters. The Hall–Kier alpha value is -0.730. The van der Waals surface area contributed by atoms with Gasteiger partial charge in [0, 0.05) is 25.6 Å². The second-order valence-corrected chi connectivity index (χ2v) is 8.81. The number of hydrogen-bond acceptors (Lipinski definition) is 7. The van der Waals surface area contributed by atoms with Gasteiger partial charge < -0.3 is 10.2 Å². The van der Waals surface area contributed by atoms with Gasteiger partial charge in [0.05, 0.1) is 11.5 Å². The van der Waals surface area contributed by atoms with Crippen LogP contribution in [0.2, 0.25) is 0 Å². The second-order valence-electron chi connectivity index (χ2n) is 5.49. The maximum absolute atomic E-state index is 11.3. The summed E-state index contributed by atoms with van der Waals surface area (Å²) in [6, 6.07) is 0. The monoisotopic (exact) mass is 316 g/mol.